The van der Waals surface area contributed by atoms with Gasteiger partial charge in [0.2, 0.25) is 0 Å². The molecule has 0 saturated carbocycles. The highest BCUT2D eigenvalue weighted by Gasteiger charge is 2.04. The van der Waals surface area contributed by atoms with Crippen LogP contribution in [0.4, 0.5) is 11.5 Å². The van der Waals surface area contributed by atoms with Crippen LogP contribution in [-0.2, 0) is 9.47 Å². The number of rotatable bonds is 12. The lowest BCUT2D eigenvalue weighted by Crippen LogP contribution is -2.31. The Bertz CT molecular complexity index is 558. The summed E-state index contributed by atoms with van der Waals surface area (Å²) >= 11 is 0. The first-order valence-electron chi connectivity index (χ1n) is 8.11. The number of aliphatic hydroxyl groups excluding tert-OH is 1. The third-order valence-corrected chi connectivity index (χ3v) is 3.33. The van der Waals surface area contributed by atoms with E-state index in [1.807, 2.05) is 12.1 Å². The fraction of sp³-hybridized carbons (Fsp3) is 0.389. The van der Waals surface area contributed by atoms with Gasteiger partial charge in [-0.15, -0.1) is 0 Å². The SMILES string of the molecule is C=C/C=C(\C=C\C(O)OC)OCN(CC)CCNc1ccc(N)cn1. The molecule has 0 spiro atoms. The van der Waals surface area contributed by atoms with Crippen molar-refractivity contribution in [2.45, 2.75) is 13.2 Å². The fourth-order valence-electron chi connectivity index (χ4n) is 1.86. The van der Waals surface area contributed by atoms with Crippen molar-refractivity contribution in [3.63, 3.8) is 0 Å². The van der Waals surface area contributed by atoms with Crippen molar-refractivity contribution in [3.8, 4) is 0 Å². The third-order valence-electron chi connectivity index (χ3n) is 3.33. The lowest BCUT2D eigenvalue weighted by molar-refractivity contribution is -0.0359. The molecule has 7 heteroatoms. The number of aromatic nitrogens is 1. The zero-order chi connectivity index (χ0) is 18.5. The number of nitrogens with one attached hydrogen (secondary N) is 1. The molecule has 0 aliphatic heterocycles. The molecule has 0 aromatic carbocycles. The van der Waals surface area contributed by atoms with Gasteiger partial charge in [-0.25, -0.2) is 4.98 Å². The zero-order valence-electron chi connectivity index (χ0n) is 14.9. The van der Waals surface area contributed by atoms with Gasteiger partial charge in [0, 0.05) is 20.2 Å². The smallest absolute Gasteiger partial charge is 0.174 e. The van der Waals surface area contributed by atoms with Gasteiger partial charge >= 0.3 is 0 Å². The summed E-state index contributed by atoms with van der Waals surface area (Å²) in [6, 6.07) is 3.65. The van der Waals surface area contributed by atoms with Crippen LogP contribution in [-0.4, -0.2) is 54.8 Å². The Morgan fingerprint density at radius 2 is 2.32 bits per heavy atom. The minimum Gasteiger partial charge on any atom is -0.478 e. The summed E-state index contributed by atoms with van der Waals surface area (Å²) in [5.74, 6) is 1.38. The Balaban J connectivity index is 2.42. The van der Waals surface area contributed by atoms with Crippen molar-refractivity contribution in [2.75, 3.05) is 44.5 Å². The molecule has 0 aliphatic rings. The first kappa shape index (κ1) is 20.7. The number of pyridine rings is 1. The van der Waals surface area contributed by atoms with Gasteiger partial charge < -0.3 is 25.6 Å². The van der Waals surface area contributed by atoms with Crippen molar-refractivity contribution >= 4 is 11.5 Å². The topological polar surface area (TPSA) is 92.9 Å². The Hall–Kier alpha value is -2.35. The maximum absolute atomic E-state index is 9.39. The van der Waals surface area contributed by atoms with Crippen LogP contribution in [0, 0.1) is 0 Å². The summed E-state index contributed by atoms with van der Waals surface area (Å²) < 4.78 is 10.5. The second kappa shape index (κ2) is 12.1. The van der Waals surface area contributed by atoms with Crippen LogP contribution in [0.15, 0.2) is 55.0 Å². The lowest BCUT2D eigenvalue weighted by Gasteiger charge is -2.21. The van der Waals surface area contributed by atoms with E-state index in [-0.39, 0.29) is 0 Å². The van der Waals surface area contributed by atoms with Crippen LogP contribution in [0.1, 0.15) is 6.92 Å². The summed E-state index contributed by atoms with van der Waals surface area (Å²) in [6.45, 7) is 8.49. The molecule has 1 aromatic heterocycles. The minimum atomic E-state index is -0.962. The Kier molecular flexibility index (Phi) is 10.00. The molecule has 138 valence electrons. The lowest BCUT2D eigenvalue weighted by atomic mass is 10.3. The largest absolute Gasteiger partial charge is 0.478 e. The molecule has 0 saturated heterocycles. The summed E-state index contributed by atoms with van der Waals surface area (Å²) in [6.07, 6.45) is 7.17. The average molecular weight is 348 g/mol. The number of nitrogens with two attached hydrogens (primary N) is 1. The minimum absolute atomic E-state index is 0.417. The van der Waals surface area contributed by atoms with E-state index in [0.29, 0.717) is 18.2 Å². The van der Waals surface area contributed by atoms with E-state index >= 15 is 0 Å². The molecule has 0 aliphatic carbocycles. The molecule has 0 amide bonds. The average Bonchev–Trinajstić information content (AvgIpc) is 2.63. The van der Waals surface area contributed by atoms with Gasteiger partial charge in [0.1, 0.15) is 18.3 Å². The van der Waals surface area contributed by atoms with E-state index < -0.39 is 6.29 Å². The predicted octanol–water partition coefficient (Wildman–Crippen LogP) is 1.96. The third kappa shape index (κ3) is 8.90. The molecular weight excluding hydrogens is 320 g/mol. The second-order valence-electron chi connectivity index (χ2n) is 5.18. The maximum atomic E-state index is 9.39. The van der Waals surface area contributed by atoms with Crippen LogP contribution in [0.3, 0.4) is 0 Å². The highest BCUT2D eigenvalue weighted by Crippen LogP contribution is 2.06. The van der Waals surface area contributed by atoms with Gasteiger partial charge in [-0.3, -0.25) is 4.90 Å². The highest BCUT2D eigenvalue weighted by molar-refractivity contribution is 5.43. The van der Waals surface area contributed by atoms with E-state index in [4.69, 9.17) is 15.2 Å². The summed E-state index contributed by atoms with van der Waals surface area (Å²) in [5.41, 5.74) is 6.25. The Morgan fingerprint density at radius 3 is 2.92 bits per heavy atom. The van der Waals surface area contributed by atoms with Crippen LogP contribution in [0.25, 0.3) is 0 Å². The maximum Gasteiger partial charge on any atom is 0.174 e. The van der Waals surface area contributed by atoms with Crippen molar-refractivity contribution in [2.24, 2.45) is 0 Å². The summed E-state index contributed by atoms with van der Waals surface area (Å²) in [4.78, 5) is 6.32. The molecule has 1 aromatic rings. The molecule has 1 atom stereocenters. The molecule has 4 N–H and O–H groups in total. The summed E-state index contributed by atoms with van der Waals surface area (Å²) in [7, 11) is 1.43. The first-order valence-corrected chi connectivity index (χ1v) is 8.11. The molecule has 0 radical (unpaired) electrons. The van der Waals surface area contributed by atoms with Gasteiger partial charge in [-0.2, -0.15) is 0 Å². The van der Waals surface area contributed by atoms with Crippen LogP contribution in [0.2, 0.25) is 0 Å². The van der Waals surface area contributed by atoms with E-state index in [1.54, 1.807) is 24.4 Å². The number of nitrogens with zero attached hydrogens (tertiary/aromatic N) is 2. The zero-order valence-corrected chi connectivity index (χ0v) is 14.9. The standard InChI is InChI=1S/C18H28N4O3/c1-4-6-16(8-10-18(23)24-3)25-14-22(5-2)12-11-20-17-9-7-15(19)13-21-17/h4,6-10,13,18,23H,1,5,11-12,14,19H2,2-3H3,(H,20,21)/b10-8+,16-6+. The molecule has 7 nitrogen and oxygen atoms in total. The van der Waals surface area contributed by atoms with Gasteiger partial charge in [0.05, 0.1) is 11.9 Å². The molecule has 0 fully saturated rings. The predicted molar refractivity (Wildman–Crippen MR) is 101 cm³/mol. The summed E-state index contributed by atoms with van der Waals surface area (Å²) in [5, 5.41) is 12.6. The van der Waals surface area contributed by atoms with Crippen molar-refractivity contribution < 1.29 is 14.6 Å². The second-order valence-corrected chi connectivity index (χ2v) is 5.18. The van der Waals surface area contributed by atoms with Crippen LogP contribution >= 0.6 is 0 Å². The van der Waals surface area contributed by atoms with Crippen LogP contribution in [0.5, 0.6) is 0 Å². The number of hydrogen-bond donors (Lipinski definition) is 3. The number of methoxy groups -OCH3 is 1. The van der Waals surface area contributed by atoms with E-state index in [0.717, 1.165) is 25.5 Å². The van der Waals surface area contributed by atoms with Gasteiger partial charge in [-0.1, -0.05) is 19.6 Å². The number of nitrogen functional groups attached to an aromatic ring is 1. The number of aliphatic hydroxyl groups is 1. The normalized spacial score (nSPS) is 13.2. The van der Waals surface area contributed by atoms with Crippen molar-refractivity contribution in [3.05, 3.63) is 55.0 Å². The first-order chi connectivity index (χ1) is 12.1. The number of allylic oxidation sites excluding steroid dienone is 3. The molecule has 1 rings (SSSR count). The van der Waals surface area contributed by atoms with E-state index in [1.165, 1.54) is 13.2 Å². The Morgan fingerprint density at radius 1 is 1.52 bits per heavy atom. The van der Waals surface area contributed by atoms with E-state index in [9.17, 15) is 5.11 Å². The highest BCUT2D eigenvalue weighted by atomic mass is 16.6. The van der Waals surface area contributed by atoms with Gasteiger partial charge in [0.15, 0.2) is 6.29 Å². The van der Waals surface area contributed by atoms with Crippen LogP contribution < -0.4 is 11.1 Å². The molecule has 0 bridgehead atoms. The quantitative estimate of drug-likeness (QED) is 0.302. The molecule has 1 heterocycles. The molecule has 25 heavy (non-hydrogen) atoms. The number of hydrogen-bond acceptors (Lipinski definition) is 7. The number of ether oxygens (including phenoxy) is 2. The Labute approximate surface area is 149 Å². The van der Waals surface area contributed by atoms with Gasteiger partial charge in [-0.05, 0) is 36.9 Å². The molecular formula is C18H28N4O3. The molecule has 1 unspecified atom stereocenters. The van der Waals surface area contributed by atoms with Gasteiger partial charge in [0.25, 0.3) is 0 Å². The fourth-order valence-corrected chi connectivity index (χ4v) is 1.86. The number of likely N-dealkylation sites (N-methyl/N-ethyl adjacent to an activating group) is 1. The van der Waals surface area contributed by atoms with E-state index in [2.05, 4.69) is 28.7 Å². The number of anilines is 2. The van der Waals surface area contributed by atoms with Crippen molar-refractivity contribution in [1.29, 1.82) is 0 Å². The monoisotopic (exact) mass is 348 g/mol. The van der Waals surface area contributed by atoms with Crippen molar-refractivity contribution in [1.82, 2.24) is 9.88 Å².